The van der Waals surface area contributed by atoms with Crippen LogP contribution in [0.5, 0.6) is 0 Å². The van der Waals surface area contributed by atoms with E-state index in [9.17, 15) is 4.79 Å². The third-order valence-corrected chi connectivity index (χ3v) is 5.22. The molecule has 0 aliphatic heterocycles. The van der Waals surface area contributed by atoms with Crippen LogP contribution >= 0.6 is 0 Å². The maximum Gasteiger partial charge on any atom is 0.307 e. The highest BCUT2D eigenvalue weighted by atomic mass is 16.4. The summed E-state index contributed by atoms with van der Waals surface area (Å²) in [5.41, 5.74) is 9.75. The Hall–Kier alpha value is -4.65. The van der Waals surface area contributed by atoms with Gasteiger partial charge in [0.05, 0.1) is 47.4 Å². The summed E-state index contributed by atoms with van der Waals surface area (Å²) in [5.74, 6) is 4.40. The van der Waals surface area contributed by atoms with Crippen LogP contribution < -0.4 is 11.6 Å². The van der Waals surface area contributed by atoms with E-state index in [0.717, 1.165) is 5.69 Å². The number of aromatic nitrogens is 3. The van der Waals surface area contributed by atoms with E-state index in [2.05, 4.69) is 31.1 Å². The zero-order chi connectivity index (χ0) is 23.4. The minimum absolute atomic E-state index is 0.0335. The summed E-state index contributed by atoms with van der Waals surface area (Å²) in [4.78, 5) is 28.4. The van der Waals surface area contributed by atoms with Crippen molar-refractivity contribution in [1.82, 2.24) is 15.0 Å². The lowest BCUT2D eigenvalue weighted by atomic mass is 10.1. The summed E-state index contributed by atoms with van der Waals surface area (Å²) < 4.78 is 0. The number of hydrazone groups is 1. The van der Waals surface area contributed by atoms with Gasteiger partial charge in [-0.15, -0.1) is 0 Å². The lowest BCUT2D eigenvalue weighted by Crippen LogP contribution is -2.11. The van der Waals surface area contributed by atoms with Gasteiger partial charge in [0, 0.05) is 17.2 Å². The number of nitriles is 1. The molecule has 10 heteroatoms. The number of nitrogens with two attached hydrogens (primary N) is 2. The molecule has 1 fully saturated rings. The van der Waals surface area contributed by atoms with Gasteiger partial charge >= 0.3 is 5.97 Å². The van der Waals surface area contributed by atoms with Gasteiger partial charge in [0.2, 0.25) is 5.95 Å². The van der Waals surface area contributed by atoms with Crippen molar-refractivity contribution in [2.75, 3.05) is 5.73 Å². The smallest absolute Gasteiger partial charge is 0.307 e. The number of carbonyl (C=O) groups is 1. The molecular weight excluding hydrogens is 420 g/mol. The number of rotatable bonds is 7. The quantitative estimate of drug-likeness (QED) is 0.284. The van der Waals surface area contributed by atoms with Gasteiger partial charge < -0.3 is 16.7 Å². The molecule has 164 valence electrons. The molecule has 2 atom stereocenters. The summed E-state index contributed by atoms with van der Waals surface area (Å²) in [6.45, 7) is 0.259. The Morgan fingerprint density at radius 2 is 2.03 bits per heavy atom. The fraction of sp³-hybridized carbons (Fsp3) is 0.174. The molecule has 0 radical (unpaired) electrons. The van der Waals surface area contributed by atoms with Crippen LogP contribution in [0.1, 0.15) is 35.0 Å². The molecule has 0 bridgehead atoms. The molecule has 0 saturated heterocycles. The molecule has 0 spiro atoms. The Balaban J connectivity index is 1.51. The average molecular weight is 440 g/mol. The van der Waals surface area contributed by atoms with Crippen molar-refractivity contribution in [2.24, 2.45) is 21.9 Å². The minimum atomic E-state index is -0.795. The van der Waals surface area contributed by atoms with Gasteiger partial charge in [-0.2, -0.15) is 10.4 Å². The fourth-order valence-electron chi connectivity index (χ4n) is 3.47. The molecule has 0 amide bonds. The maximum absolute atomic E-state index is 11.1. The molecule has 2 aromatic heterocycles. The normalized spacial score (nSPS) is 17.6. The molecule has 1 aliphatic rings. The lowest BCUT2D eigenvalue weighted by Gasteiger charge is -2.06. The van der Waals surface area contributed by atoms with Gasteiger partial charge in [-0.3, -0.25) is 14.8 Å². The van der Waals surface area contributed by atoms with Gasteiger partial charge in [0.25, 0.3) is 0 Å². The van der Waals surface area contributed by atoms with Crippen LogP contribution in [-0.2, 0) is 11.3 Å². The van der Waals surface area contributed by atoms with Gasteiger partial charge in [-0.1, -0.05) is 18.2 Å². The molecule has 2 unspecified atom stereocenters. The molecule has 1 aliphatic carbocycles. The summed E-state index contributed by atoms with van der Waals surface area (Å²) in [5, 5.41) is 22.0. The summed E-state index contributed by atoms with van der Waals surface area (Å²) in [7, 11) is 0. The van der Waals surface area contributed by atoms with Crippen LogP contribution in [0.4, 0.5) is 5.95 Å². The third kappa shape index (κ3) is 4.99. The minimum Gasteiger partial charge on any atom is -0.481 e. The summed E-state index contributed by atoms with van der Waals surface area (Å²) >= 11 is 0. The Morgan fingerprint density at radius 1 is 1.21 bits per heavy atom. The van der Waals surface area contributed by atoms with Crippen molar-refractivity contribution in [3.63, 3.8) is 0 Å². The number of hydrogen-bond donors (Lipinski definition) is 3. The predicted octanol–water partition coefficient (Wildman–Crippen LogP) is 2.11. The number of nitrogens with zero attached hydrogens (tertiary/aromatic N) is 6. The zero-order valence-corrected chi connectivity index (χ0v) is 17.5. The topological polar surface area (TPSA) is 177 Å². The van der Waals surface area contributed by atoms with E-state index in [1.807, 2.05) is 24.3 Å². The van der Waals surface area contributed by atoms with E-state index in [0.29, 0.717) is 40.3 Å². The number of pyridine rings is 1. The Labute approximate surface area is 189 Å². The van der Waals surface area contributed by atoms with Crippen LogP contribution in [0, 0.1) is 17.2 Å². The lowest BCUT2D eigenvalue weighted by molar-refractivity contribution is -0.138. The second-order valence-electron chi connectivity index (χ2n) is 7.51. The highest BCUT2D eigenvalue weighted by Gasteiger charge is 2.45. The van der Waals surface area contributed by atoms with Crippen molar-refractivity contribution < 1.29 is 9.90 Å². The number of benzene rings is 1. The summed E-state index contributed by atoms with van der Waals surface area (Å²) in [6, 6.07) is 16.2. The largest absolute Gasteiger partial charge is 0.481 e. The van der Waals surface area contributed by atoms with E-state index in [1.165, 1.54) is 6.21 Å². The molecule has 33 heavy (non-hydrogen) atoms. The second-order valence-corrected chi connectivity index (χ2v) is 7.51. The van der Waals surface area contributed by atoms with Crippen LogP contribution in [0.3, 0.4) is 0 Å². The fourth-order valence-corrected chi connectivity index (χ4v) is 3.47. The van der Waals surface area contributed by atoms with E-state index < -0.39 is 5.97 Å². The molecule has 5 N–H and O–H groups in total. The molecule has 10 nitrogen and oxygen atoms in total. The number of aliphatic carboxylic acids is 1. The first kappa shape index (κ1) is 21.6. The standard InChI is InChI=1S/C23H20N8O2/c24-10-13-3-1-4-14(7-13)19-9-20(30-23(25)29-19)21(31-26)12-27-11-15-5-2-6-18(28-15)16-8-17(16)22(32)33/h1-7,9,12,16-17H,8,11,26H2,(H,32,33)(H2,25,29,30). The maximum atomic E-state index is 11.1. The van der Waals surface area contributed by atoms with E-state index in [4.69, 9.17) is 21.9 Å². The van der Waals surface area contributed by atoms with Crippen LogP contribution in [0.25, 0.3) is 11.3 Å². The first-order chi connectivity index (χ1) is 16.0. The average Bonchev–Trinajstić information content (AvgIpc) is 3.63. The number of anilines is 1. The highest BCUT2D eigenvalue weighted by Crippen LogP contribution is 2.46. The predicted molar refractivity (Wildman–Crippen MR) is 122 cm³/mol. The monoisotopic (exact) mass is 440 g/mol. The Bertz CT molecular complexity index is 1310. The molecule has 1 saturated carbocycles. The van der Waals surface area contributed by atoms with Crippen LogP contribution in [-0.4, -0.2) is 38.0 Å². The molecule has 4 rings (SSSR count). The number of aliphatic imine (C=N–C) groups is 1. The number of carboxylic acid groups (broad SMARTS) is 1. The molecule has 3 aromatic rings. The van der Waals surface area contributed by atoms with E-state index >= 15 is 0 Å². The highest BCUT2D eigenvalue weighted by molar-refractivity contribution is 6.37. The van der Waals surface area contributed by atoms with Crippen LogP contribution in [0.15, 0.2) is 58.6 Å². The molecule has 1 aromatic carbocycles. The van der Waals surface area contributed by atoms with Crippen molar-refractivity contribution in [3.8, 4) is 17.3 Å². The first-order valence-electron chi connectivity index (χ1n) is 10.1. The molecule has 2 heterocycles. The van der Waals surface area contributed by atoms with E-state index in [-0.39, 0.29) is 24.3 Å². The van der Waals surface area contributed by atoms with Crippen LogP contribution in [0.2, 0.25) is 0 Å². The Kier molecular flexibility index (Phi) is 6.04. The van der Waals surface area contributed by atoms with Gasteiger partial charge in [-0.05, 0) is 36.8 Å². The molecular formula is C23H20N8O2. The second kappa shape index (κ2) is 9.23. The van der Waals surface area contributed by atoms with Crippen molar-refractivity contribution in [2.45, 2.75) is 18.9 Å². The number of carboxylic acids is 1. The van der Waals surface area contributed by atoms with Crippen molar-refractivity contribution in [1.29, 1.82) is 5.26 Å². The summed E-state index contributed by atoms with van der Waals surface area (Å²) in [6.07, 6.45) is 2.08. The van der Waals surface area contributed by atoms with E-state index in [1.54, 1.807) is 24.3 Å². The first-order valence-corrected chi connectivity index (χ1v) is 10.1. The SMILES string of the molecule is N#Cc1cccc(-c2cc(C(C=NCc3cccc(C4CC4C(=O)O)n3)=NN)nc(N)n2)c1. The Morgan fingerprint density at radius 3 is 2.76 bits per heavy atom. The number of hydrogen-bond acceptors (Lipinski definition) is 9. The van der Waals surface area contributed by atoms with Crippen molar-refractivity contribution in [3.05, 3.63) is 71.2 Å². The van der Waals surface area contributed by atoms with Crippen molar-refractivity contribution >= 4 is 23.8 Å². The van der Waals surface area contributed by atoms with Gasteiger partial charge in [0.1, 0.15) is 5.71 Å². The van der Waals surface area contributed by atoms with Gasteiger partial charge in [0.15, 0.2) is 0 Å². The van der Waals surface area contributed by atoms with Gasteiger partial charge in [-0.25, -0.2) is 9.97 Å². The zero-order valence-electron chi connectivity index (χ0n) is 17.5. The number of nitrogen functional groups attached to an aromatic ring is 1. The third-order valence-electron chi connectivity index (χ3n) is 5.22.